The van der Waals surface area contributed by atoms with Crippen molar-refractivity contribution in [1.29, 1.82) is 5.26 Å². The summed E-state index contributed by atoms with van der Waals surface area (Å²) in [5.74, 6) is 1.62. The number of anilines is 5. The van der Waals surface area contributed by atoms with E-state index in [1.165, 1.54) is 7.11 Å². The summed E-state index contributed by atoms with van der Waals surface area (Å²) >= 11 is 0. The Morgan fingerprint density at radius 1 is 1.22 bits per heavy atom. The molecule has 1 aromatic carbocycles. The Morgan fingerprint density at radius 2 is 2.00 bits per heavy atom. The first-order valence-corrected chi connectivity index (χ1v) is 7.85. The van der Waals surface area contributed by atoms with Crippen LogP contribution in [-0.4, -0.2) is 33.4 Å². The van der Waals surface area contributed by atoms with Gasteiger partial charge in [0, 0.05) is 17.4 Å². The standard InChI is InChI=1S/C17H16N8O2/c1-11-6-14(24-23-11)21-16-9-19-8-15(22-16)20-12-4-3-5-13(7-12)25(10-18)17(26)27-2/h3-9H,1-2H3,(H3,20,21,22,23,24). The summed E-state index contributed by atoms with van der Waals surface area (Å²) in [5, 5.41) is 22.2. The van der Waals surface area contributed by atoms with Gasteiger partial charge < -0.3 is 15.4 Å². The molecule has 3 aromatic rings. The molecule has 0 atom stereocenters. The van der Waals surface area contributed by atoms with Crippen LogP contribution in [0, 0.1) is 18.4 Å². The Morgan fingerprint density at radius 3 is 2.67 bits per heavy atom. The molecule has 1 amide bonds. The second kappa shape index (κ2) is 7.83. The summed E-state index contributed by atoms with van der Waals surface area (Å²) in [6.07, 6.45) is 4.13. The first kappa shape index (κ1) is 17.7. The van der Waals surface area contributed by atoms with Crippen LogP contribution in [0.4, 0.5) is 33.6 Å². The molecule has 0 unspecified atom stereocenters. The summed E-state index contributed by atoms with van der Waals surface area (Å²) < 4.78 is 4.59. The fraction of sp³-hybridized carbons (Fsp3) is 0.118. The van der Waals surface area contributed by atoms with Crippen LogP contribution in [0.25, 0.3) is 0 Å². The number of hydrogen-bond acceptors (Lipinski definition) is 8. The lowest BCUT2D eigenvalue weighted by Crippen LogP contribution is -2.25. The molecular weight excluding hydrogens is 348 g/mol. The largest absolute Gasteiger partial charge is 0.452 e. The lowest BCUT2D eigenvalue weighted by Gasteiger charge is -2.14. The molecule has 0 fully saturated rings. The van der Waals surface area contributed by atoms with E-state index < -0.39 is 6.09 Å². The van der Waals surface area contributed by atoms with Gasteiger partial charge in [-0.3, -0.25) is 10.1 Å². The molecule has 0 saturated heterocycles. The first-order chi connectivity index (χ1) is 13.1. The number of aryl methyl sites for hydroxylation is 1. The van der Waals surface area contributed by atoms with Gasteiger partial charge in [-0.05, 0) is 25.1 Å². The quantitative estimate of drug-likeness (QED) is 0.465. The van der Waals surface area contributed by atoms with Gasteiger partial charge in [-0.1, -0.05) is 6.07 Å². The molecule has 2 heterocycles. The van der Waals surface area contributed by atoms with E-state index in [2.05, 4.69) is 35.5 Å². The second-order valence-corrected chi connectivity index (χ2v) is 5.43. The summed E-state index contributed by atoms with van der Waals surface area (Å²) in [6, 6.07) is 8.56. The molecule has 0 aliphatic heterocycles. The third kappa shape index (κ3) is 4.29. The molecule has 0 aliphatic carbocycles. The zero-order valence-electron chi connectivity index (χ0n) is 14.6. The molecule has 10 nitrogen and oxygen atoms in total. The molecule has 0 aliphatic rings. The number of aromatic nitrogens is 4. The topological polar surface area (TPSA) is 132 Å². The molecule has 0 saturated carbocycles. The highest BCUT2D eigenvalue weighted by Crippen LogP contribution is 2.23. The summed E-state index contributed by atoms with van der Waals surface area (Å²) in [5.41, 5.74) is 1.91. The van der Waals surface area contributed by atoms with Crippen LogP contribution in [0.2, 0.25) is 0 Å². The van der Waals surface area contributed by atoms with Crippen LogP contribution < -0.4 is 15.5 Å². The fourth-order valence-electron chi connectivity index (χ4n) is 2.27. The van der Waals surface area contributed by atoms with Crippen molar-refractivity contribution in [1.82, 2.24) is 20.2 Å². The van der Waals surface area contributed by atoms with Gasteiger partial charge in [-0.15, -0.1) is 0 Å². The van der Waals surface area contributed by atoms with Crippen molar-refractivity contribution in [3.8, 4) is 6.19 Å². The van der Waals surface area contributed by atoms with E-state index in [0.29, 0.717) is 28.8 Å². The number of carbonyl (C=O) groups is 1. The highest BCUT2D eigenvalue weighted by molar-refractivity contribution is 5.91. The van der Waals surface area contributed by atoms with E-state index in [4.69, 9.17) is 5.26 Å². The van der Waals surface area contributed by atoms with E-state index in [9.17, 15) is 4.79 Å². The summed E-state index contributed by atoms with van der Waals surface area (Å²) in [6.45, 7) is 1.90. The zero-order chi connectivity index (χ0) is 19.2. The molecule has 27 heavy (non-hydrogen) atoms. The third-order valence-electron chi connectivity index (χ3n) is 3.43. The number of amides is 1. The molecule has 3 rings (SSSR count). The average Bonchev–Trinajstić information content (AvgIpc) is 3.07. The van der Waals surface area contributed by atoms with E-state index >= 15 is 0 Å². The molecule has 2 aromatic heterocycles. The van der Waals surface area contributed by atoms with Crippen LogP contribution in [0.15, 0.2) is 42.7 Å². The van der Waals surface area contributed by atoms with Crippen molar-refractivity contribution in [3.63, 3.8) is 0 Å². The number of nitrogens with one attached hydrogen (secondary N) is 3. The van der Waals surface area contributed by atoms with Gasteiger partial charge >= 0.3 is 6.09 Å². The molecular formula is C17H16N8O2. The Kier molecular flexibility index (Phi) is 5.13. The Hall–Kier alpha value is -4.13. The number of methoxy groups -OCH3 is 1. The number of carbonyl (C=O) groups excluding carboxylic acids is 1. The molecule has 0 bridgehead atoms. The van der Waals surface area contributed by atoms with Crippen LogP contribution in [0.5, 0.6) is 0 Å². The Labute approximate surface area is 154 Å². The van der Waals surface area contributed by atoms with Crippen LogP contribution in [0.1, 0.15) is 5.69 Å². The van der Waals surface area contributed by atoms with Gasteiger partial charge in [-0.2, -0.15) is 15.3 Å². The number of nitriles is 1. The third-order valence-corrected chi connectivity index (χ3v) is 3.43. The molecule has 0 radical (unpaired) electrons. The van der Waals surface area contributed by atoms with Crippen molar-refractivity contribution < 1.29 is 9.53 Å². The zero-order valence-corrected chi connectivity index (χ0v) is 14.6. The van der Waals surface area contributed by atoms with Gasteiger partial charge in [0.1, 0.15) is 0 Å². The van der Waals surface area contributed by atoms with E-state index in [1.54, 1.807) is 42.9 Å². The van der Waals surface area contributed by atoms with Crippen LogP contribution in [0.3, 0.4) is 0 Å². The average molecular weight is 364 g/mol. The maximum Gasteiger partial charge on any atom is 0.427 e. The highest BCUT2D eigenvalue weighted by atomic mass is 16.5. The maximum absolute atomic E-state index is 11.7. The summed E-state index contributed by atoms with van der Waals surface area (Å²) in [4.78, 5) is 21.0. The molecule has 3 N–H and O–H groups in total. The van der Waals surface area contributed by atoms with E-state index in [0.717, 1.165) is 10.6 Å². The molecule has 0 spiro atoms. The van der Waals surface area contributed by atoms with Gasteiger partial charge in [0.2, 0.25) is 0 Å². The number of ether oxygens (including phenoxy) is 1. The van der Waals surface area contributed by atoms with Crippen molar-refractivity contribution in [2.45, 2.75) is 6.92 Å². The highest BCUT2D eigenvalue weighted by Gasteiger charge is 2.16. The van der Waals surface area contributed by atoms with E-state index in [1.807, 2.05) is 13.0 Å². The Balaban J connectivity index is 1.77. The van der Waals surface area contributed by atoms with Crippen molar-refractivity contribution >= 4 is 34.9 Å². The smallest absolute Gasteiger partial charge is 0.427 e. The number of aromatic amines is 1. The number of H-pyrrole nitrogens is 1. The molecule has 10 heteroatoms. The van der Waals surface area contributed by atoms with E-state index in [-0.39, 0.29) is 0 Å². The van der Waals surface area contributed by atoms with Crippen molar-refractivity contribution in [3.05, 3.63) is 48.4 Å². The van der Waals surface area contributed by atoms with Gasteiger partial charge in [0.15, 0.2) is 23.6 Å². The van der Waals surface area contributed by atoms with Crippen LogP contribution in [-0.2, 0) is 4.74 Å². The van der Waals surface area contributed by atoms with Gasteiger partial charge in [-0.25, -0.2) is 9.78 Å². The lowest BCUT2D eigenvalue weighted by molar-refractivity contribution is 0.182. The Bertz CT molecular complexity index is 994. The lowest BCUT2D eigenvalue weighted by atomic mass is 10.2. The SMILES string of the molecule is COC(=O)N(C#N)c1cccc(Nc2cncc(Nc3cc(C)[nH]n3)n2)c1. The minimum Gasteiger partial charge on any atom is -0.452 e. The van der Waals surface area contributed by atoms with Crippen LogP contribution >= 0.6 is 0 Å². The van der Waals surface area contributed by atoms with Crippen molar-refractivity contribution in [2.24, 2.45) is 0 Å². The maximum atomic E-state index is 11.7. The summed E-state index contributed by atoms with van der Waals surface area (Å²) in [7, 11) is 1.21. The number of benzene rings is 1. The van der Waals surface area contributed by atoms with Crippen molar-refractivity contribution in [2.75, 3.05) is 22.6 Å². The monoisotopic (exact) mass is 364 g/mol. The number of nitrogens with zero attached hydrogens (tertiary/aromatic N) is 5. The fourth-order valence-corrected chi connectivity index (χ4v) is 2.27. The normalized spacial score (nSPS) is 9.96. The predicted molar refractivity (Wildman–Crippen MR) is 98.9 cm³/mol. The van der Waals surface area contributed by atoms with Gasteiger partial charge in [0.05, 0.1) is 25.2 Å². The van der Waals surface area contributed by atoms with Gasteiger partial charge in [0.25, 0.3) is 0 Å². The molecule has 136 valence electrons. The number of rotatable bonds is 5. The number of hydrogen-bond donors (Lipinski definition) is 3. The minimum absolute atomic E-state index is 0.364. The first-order valence-electron chi connectivity index (χ1n) is 7.85. The minimum atomic E-state index is -0.769. The predicted octanol–water partition coefficient (Wildman–Crippen LogP) is 3.05. The second-order valence-electron chi connectivity index (χ2n) is 5.43.